The van der Waals surface area contributed by atoms with Crippen molar-refractivity contribution in [3.8, 4) is 5.75 Å². The lowest BCUT2D eigenvalue weighted by atomic mass is 10.2. The highest BCUT2D eigenvalue weighted by molar-refractivity contribution is 6.29. The molecule has 0 saturated carbocycles. The van der Waals surface area contributed by atoms with Crippen LogP contribution in [0.5, 0.6) is 5.75 Å². The van der Waals surface area contributed by atoms with E-state index in [-0.39, 0.29) is 0 Å². The highest BCUT2D eigenvalue weighted by Gasteiger charge is 1.89. The highest BCUT2D eigenvalue weighted by atomic mass is 16.6. The maximum Gasteiger partial charge on any atom is 0.133 e. The minimum Gasteiger partial charge on any atom is -0.860 e. The van der Waals surface area contributed by atoms with E-state index >= 15 is 0 Å². The van der Waals surface area contributed by atoms with Gasteiger partial charge in [-0.15, -0.1) is 0 Å². The van der Waals surface area contributed by atoms with Crippen molar-refractivity contribution in [2.24, 2.45) is 0 Å². The molecule has 6 heteroatoms. The lowest BCUT2D eigenvalue weighted by Crippen LogP contribution is -2.50. The zero-order valence-corrected chi connectivity index (χ0v) is 14.1. The van der Waals surface area contributed by atoms with E-state index in [0.717, 1.165) is 8.97 Å². The predicted octanol–water partition coefficient (Wildman–Crippen LogP) is -0.584. The number of hydrogen-bond acceptors (Lipinski definition) is 3. The van der Waals surface area contributed by atoms with Gasteiger partial charge in [0.15, 0.2) is 0 Å². The molecule has 20 heavy (non-hydrogen) atoms. The predicted molar refractivity (Wildman–Crippen MR) is 80.7 cm³/mol. The van der Waals surface area contributed by atoms with Crippen LogP contribution in [0.15, 0.2) is 30.3 Å². The number of rotatable bonds is 2. The van der Waals surface area contributed by atoms with Crippen LogP contribution < -0.4 is 14.7 Å². The Kier molecular flexibility index (Phi) is 10.4. The van der Waals surface area contributed by atoms with E-state index in [1.165, 1.54) is 0 Å². The Labute approximate surface area is 124 Å². The lowest BCUT2D eigenvalue weighted by molar-refractivity contribution is -0.849. The van der Waals surface area contributed by atoms with Crippen molar-refractivity contribution in [3.05, 3.63) is 30.3 Å². The van der Waals surface area contributed by atoms with Crippen molar-refractivity contribution in [3.63, 3.8) is 0 Å². The van der Waals surface area contributed by atoms with Gasteiger partial charge in [-0.2, -0.15) is 0 Å². The van der Waals surface area contributed by atoms with Crippen molar-refractivity contribution in [1.29, 1.82) is 0 Å². The molecule has 1 aromatic carbocycles. The van der Waals surface area contributed by atoms with E-state index in [2.05, 4.69) is 61.0 Å². The zero-order chi connectivity index (χ0) is 16.4. The van der Waals surface area contributed by atoms with Crippen molar-refractivity contribution < 1.29 is 23.7 Å². The fourth-order valence-corrected chi connectivity index (χ4v) is 0.610. The summed E-state index contributed by atoms with van der Waals surface area (Å²) in [6.07, 6.45) is 0. The highest BCUT2D eigenvalue weighted by Crippen LogP contribution is 2.06. The van der Waals surface area contributed by atoms with Crippen LogP contribution in [0.4, 0.5) is 0 Å². The van der Waals surface area contributed by atoms with Crippen LogP contribution >= 0.6 is 0 Å². The molecule has 0 atom stereocenters. The quantitative estimate of drug-likeness (QED) is 0.539. The largest absolute Gasteiger partial charge is 0.860 e. The Hall–Kier alpha value is -1.08. The molecule has 0 unspecified atom stereocenters. The number of benzene rings is 1. The van der Waals surface area contributed by atoms with Gasteiger partial charge in [-0.1, -0.05) is 18.2 Å². The lowest BCUT2D eigenvalue weighted by Gasteiger charge is -2.26. The first-order chi connectivity index (χ1) is 8.79. The summed E-state index contributed by atoms with van der Waals surface area (Å²) >= 11 is 0. The Morgan fingerprint density at radius 2 is 1.05 bits per heavy atom. The minimum absolute atomic E-state index is 0.317. The van der Waals surface area contributed by atoms with Gasteiger partial charge in [-0.25, -0.2) is 0 Å². The first-order valence-corrected chi connectivity index (χ1v) is 6.40. The number of para-hydroxylation sites is 1. The van der Waals surface area contributed by atoms with Crippen LogP contribution in [0, 0.1) is 0 Å². The van der Waals surface area contributed by atoms with E-state index in [4.69, 9.17) is 0 Å². The summed E-state index contributed by atoms with van der Waals surface area (Å²) in [7, 11) is 14.8. The van der Waals surface area contributed by atoms with Crippen molar-refractivity contribution >= 4 is 7.32 Å². The van der Waals surface area contributed by atoms with Gasteiger partial charge in [0.25, 0.3) is 0 Å². The first kappa shape index (κ1) is 21.2. The summed E-state index contributed by atoms with van der Waals surface area (Å²) in [6, 6.07) is 8.28. The Morgan fingerprint density at radius 3 is 1.30 bits per heavy atom. The monoisotopic (exact) mass is 284 g/mol. The van der Waals surface area contributed by atoms with Crippen molar-refractivity contribution in [1.82, 2.24) is 0 Å². The van der Waals surface area contributed by atoms with Crippen LogP contribution in [0.1, 0.15) is 0 Å². The standard InChI is InChI=1S/C6H5BO3.2C4H12N/c8-7(9)10-6-4-2-1-3-5-6;2*1-5(2,3)4/h1-5H;2*1-4H3/q-2;2*+1. The fraction of sp³-hybridized carbons (Fsp3) is 0.571. The van der Waals surface area contributed by atoms with Crippen molar-refractivity contribution in [2.75, 3.05) is 56.4 Å². The SMILES string of the molecule is C[N+](C)(C)C.C[N+](C)(C)C.[O-]B([O-])Oc1ccccc1. The second-order valence-electron chi connectivity index (χ2n) is 7.09. The van der Waals surface area contributed by atoms with Gasteiger partial charge in [0.1, 0.15) is 7.32 Å². The number of nitrogens with zero attached hydrogens (tertiary/aromatic N) is 2. The molecule has 116 valence electrons. The average molecular weight is 284 g/mol. The van der Waals surface area contributed by atoms with Crippen LogP contribution in [-0.2, 0) is 0 Å². The Morgan fingerprint density at radius 1 is 0.750 bits per heavy atom. The summed E-state index contributed by atoms with van der Waals surface area (Å²) in [4.78, 5) is 0. The van der Waals surface area contributed by atoms with Crippen molar-refractivity contribution in [2.45, 2.75) is 0 Å². The maximum absolute atomic E-state index is 9.92. The Bertz CT molecular complexity index is 309. The molecule has 0 aliphatic rings. The summed E-state index contributed by atoms with van der Waals surface area (Å²) < 4.78 is 6.30. The molecule has 0 aromatic heterocycles. The molecule has 0 fully saturated rings. The van der Waals surface area contributed by atoms with Gasteiger partial charge in [0, 0.05) is 0 Å². The molecule has 0 amide bonds. The first-order valence-electron chi connectivity index (χ1n) is 6.40. The normalized spacial score (nSPS) is 10.5. The maximum atomic E-state index is 9.92. The summed E-state index contributed by atoms with van der Waals surface area (Å²) in [5.41, 5.74) is 0. The van der Waals surface area contributed by atoms with E-state index in [0.29, 0.717) is 5.75 Å². The third-order valence-corrected chi connectivity index (χ3v) is 0.976. The van der Waals surface area contributed by atoms with Gasteiger partial charge in [-0.05, 0) is 12.1 Å². The smallest absolute Gasteiger partial charge is 0.133 e. The van der Waals surface area contributed by atoms with Gasteiger partial charge in [0.2, 0.25) is 0 Å². The molecule has 1 rings (SSSR count). The molecule has 1 aromatic rings. The molecule has 0 heterocycles. The van der Waals surface area contributed by atoms with Gasteiger partial charge < -0.3 is 23.7 Å². The number of hydrogen-bond donors (Lipinski definition) is 0. The molecular weight excluding hydrogens is 255 g/mol. The third-order valence-electron chi connectivity index (χ3n) is 0.976. The van der Waals surface area contributed by atoms with E-state index < -0.39 is 7.32 Å². The zero-order valence-electron chi connectivity index (χ0n) is 14.1. The van der Waals surface area contributed by atoms with Gasteiger partial charge in [-0.3, -0.25) is 0 Å². The molecule has 5 nitrogen and oxygen atoms in total. The number of quaternary nitrogens is 2. The molecule has 0 saturated heterocycles. The molecular formula is C14H29BN2O3. The molecule has 0 spiro atoms. The minimum atomic E-state index is -2.23. The van der Waals surface area contributed by atoms with E-state index in [1.807, 2.05) is 0 Å². The molecule has 0 aliphatic carbocycles. The Balaban J connectivity index is 0. The molecule has 0 radical (unpaired) electrons. The van der Waals surface area contributed by atoms with E-state index in [1.54, 1.807) is 30.3 Å². The molecule has 0 N–H and O–H groups in total. The van der Waals surface area contributed by atoms with Crippen LogP contribution in [0.3, 0.4) is 0 Å². The van der Waals surface area contributed by atoms with Gasteiger partial charge in [0.05, 0.1) is 62.1 Å². The fourth-order valence-electron chi connectivity index (χ4n) is 0.610. The third kappa shape index (κ3) is 36.0. The van der Waals surface area contributed by atoms with Crippen LogP contribution in [0.2, 0.25) is 0 Å². The van der Waals surface area contributed by atoms with E-state index in [9.17, 15) is 10.0 Å². The summed E-state index contributed by atoms with van der Waals surface area (Å²) in [5.74, 6) is 0.317. The second-order valence-corrected chi connectivity index (χ2v) is 7.09. The molecule has 0 bridgehead atoms. The topological polar surface area (TPSA) is 55.3 Å². The summed E-state index contributed by atoms with van der Waals surface area (Å²) in [6.45, 7) is 0. The molecule has 0 aliphatic heterocycles. The summed E-state index contributed by atoms with van der Waals surface area (Å²) in [5, 5.41) is 19.8. The van der Waals surface area contributed by atoms with Gasteiger partial charge >= 0.3 is 0 Å². The average Bonchev–Trinajstić information content (AvgIpc) is 2.12. The van der Waals surface area contributed by atoms with Crippen LogP contribution in [-0.4, -0.2) is 72.7 Å². The van der Waals surface area contributed by atoms with Crippen LogP contribution in [0.25, 0.3) is 0 Å². The second kappa shape index (κ2) is 9.77.